The molecule has 1 aliphatic heterocycles. The van der Waals surface area contributed by atoms with Gasteiger partial charge in [0.15, 0.2) is 0 Å². The molecule has 2 aromatic carbocycles. The fourth-order valence-corrected chi connectivity index (χ4v) is 3.95. The molecule has 1 saturated heterocycles. The van der Waals surface area contributed by atoms with Crippen LogP contribution in [0.25, 0.3) is 0 Å². The predicted molar refractivity (Wildman–Crippen MR) is 121 cm³/mol. The second-order valence-corrected chi connectivity index (χ2v) is 8.26. The van der Waals surface area contributed by atoms with Crippen molar-refractivity contribution in [2.75, 3.05) is 19.7 Å². The molecule has 2 amide bonds. The van der Waals surface area contributed by atoms with Crippen molar-refractivity contribution in [3.05, 3.63) is 95.4 Å². The largest absolute Gasteiger partial charge is 0.467 e. The number of nitrogens with zero attached hydrogens (tertiary/aromatic N) is 2. The molecule has 2 heterocycles. The molecular weight excluding hydrogens is 442 g/mol. The van der Waals surface area contributed by atoms with Crippen molar-refractivity contribution in [3.63, 3.8) is 0 Å². The van der Waals surface area contributed by atoms with Crippen molar-refractivity contribution >= 4 is 11.8 Å². The van der Waals surface area contributed by atoms with Gasteiger partial charge >= 0.3 is 0 Å². The summed E-state index contributed by atoms with van der Waals surface area (Å²) in [5, 5.41) is 0. The molecule has 178 valence electrons. The SMILES string of the molecule is O=C(CN(CC1CCCO1)C(=O)c1ccccc1F)N(Cc1ccc(F)cc1)Cc1ccco1. The molecule has 0 N–H and O–H groups in total. The highest BCUT2D eigenvalue weighted by Crippen LogP contribution is 2.18. The second-order valence-electron chi connectivity index (χ2n) is 8.26. The van der Waals surface area contributed by atoms with Gasteiger partial charge in [0.25, 0.3) is 5.91 Å². The summed E-state index contributed by atoms with van der Waals surface area (Å²) in [6.45, 7) is 0.890. The molecule has 0 spiro atoms. The van der Waals surface area contributed by atoms with Crippen LogP contribution in [0.3, 0.4) is 0 Å². The van der Waals surface area contributed by atoms with Crippen molar-refractivity contribution < 1.29 is 27.5 Å². The van der Waals surface area contributed by atoms with E-state index in [9.17, 15) is 18.4 Å². The highest BCUT2D eigenvalue weighted by molar-refractivity contribution is 5.96. The van der Waals surface area contributed by atoms with Crippen molar-refractivity contribution in [1.29, 1.82) is 0 Å². The summed E-state index contributed by atoms with van der Waals surface area (Å²) in [6, 6.07) is 15.1. The van der Waals surface area contributed by atoms with Crippen LogP contribution in [0.5, 0.6) is 0 Å². The molecule has 8 heteroatoms. The van der Waals surface area contributed by atoms with Gasteiger partial charge in [0, 0.05) is 19.7 Å². The standard InChI is InChI=1S/C26H26F2N2O4/c27-20-11-9-19(10-12-20)15-29(16-21-5-3-13-33-21)25(31)18-30(17-22-6-4-14-34-22)26(32)23-7-1-2-8-24(23)28/h1-3,5,7-13,22H,4,6,14-18H2. The van der Waals surface area contributed by atoms with E-state index in [2.05, 4.69) is 0 Å². The Morgan fingerprint density at radius 3 is 2.41 bits per heavy atom. The molecule has 3 aromatic rings. The summed E-state index contributed by atoms with van der Waals surface area (Å²) in [6.07, 6.45) is 2.94. The van der Waals surface area contributed by atoms with Crippen molar-refractivity contribution in [1.82, 2.24) is 9.80 Å². The zero-order valence-corrected chi connectivity index (χ0v) is 18.7. The third-order valence-electron chi connectivity index (χ3n) is 5.73. The van der Waals surface area contributed by atoms with Gasteiger partial charge in [0.1, 0.15) is 23.9 Å². The Morgan fingerprint density at radius 2 is 1.74 bits per heavy atom. The maximum absolute atomic E-state index is 14.4. The lowest BCUT2D eigenvalue weighted by molar-refractivity contribution is -0.133. The molecule has 1 atom stereocenters. The van der Waals surface area contributed by atoms with Crippen LogP contribution in [0.1, 0.15) is 34.5 Å². The summed E-state index contributed by atoms with van der Waals surface area (Å²) in [5.41, 5.74) is 0.636. The van der Waals surface area contributed by atoms with Gasteiger partial charge in [0.2, 0.25) is 5.91 Å². The van der Waals surface area contributed by atoms with Gasteiger partial charge in [-0.05, 0) is 54.8 Å². The van der Waals surface area contributed by atoms with E-state index in [0.717, 1.165) is 18.4 Å². The predicted octanol–water partition coefficient (Wildman–Crippen LogP) is 4.41. The zero-order valence-electron chi connectivity index (χ0n) is 18.7. The number of amides is 2. The van der Waals surface area contributed by atoms with E-state index in [-0.39, 0.29) is 49.6 Å². The molecule has 4 rings (SSSR count). The van der Waals surface area contributed by atoms with Gasteiger partial charge in [-0.15, -0.1) is 0 Å². The molecule has 1 aliphatic rings. The lowest BCUT2D eigenvalue weighted by Crippen LogP contribution is -2.45. The number of benzene rings is 2. The second kappa shape index (κ2) is 11.1. The van der Waals surface area contributed by atoms with E-state index >= 15 is 0 Å². The van der Waals surface area contributed by atoms with Gasteiger partial charge < -0.3 is 19.0 Å². The molecule has 0 aliphatic carbocycles. The van der Waals surface area contributed by atoms with Gasteiger partial charge in [-0.25, -0.2) is 8.78 Å². The molecule has 0 bridgehead atoms. The third-order valence-corrected chi connectivity index (χ3v) is 5.73. The average molecular weight is 469 g/mol. The lowest BCUT2D eigenvalue weighted by atomic mass is 10.1. The number of hydrogen-bond acceptors (Lipinski definition) is 4. The van der Waals surface area contributed by atoms with Crippen molar-refractivity contribution in [2.45, 2.75) is 32.0 Å². The first kappa shape index (κ1) is 23.6. The highest BCUT2D eigenvalue weighted by atomic mass is 19.1. The maximum Gasteiger partial charge on any atom is 0.257 e. The van der Waals surface area contributed by atoms with Crippen LogP contribution < -0.4 is 0 Å². The van der Waals surface area contributed by atoms with E-state index in [0.29, 0.717) is 12.4 Å². The molecule has 0 radical (unpaired) electrons. The Balaban J connectivity index is 1.55. The molecule has 34 heavy (non-hydrogen) atoms. The Morgan fingerprint density at radius 1 is 0.941 bits per heavy atom. The first-order chi connectivity index (χ1) is 16.5. The van der Waals surface area contributed by atoms with Gasteiger partial charge in [-0.2, -0.15) is 0 Å². The van der Waals surface area contributed by atoms with Crippen LogP contribution in [0.2, 0.25) is 0 Å². The summed E-state index contributed by atoms with van der Waals surface area (Å²) in [7, 11) is 0. The number of rotatable bonds is 9. The molecule has 1 aromatic heterocycles. The fraction of sp³-hybridized carbons (Fsp3) is 0.308. The average Bonchev–Trinajstić information content (AvgIpc) is 3.54. The van der Waals surface area contributed by atoms with Gasteiger partial charge in [-0.3, -0.25) is 9.59 Å². The van der Waals surface area contributed by atoms with Crippen molar-refractivity contribution in [3.8, 4) is 0 Å². The number of hydrogen-bond donors (Lipinski definition) is 0. The molecule has 1 fully saturated rings. The van der Waals surface area contributed by atoms with Crippen LogP contribution in [0.15, 0.2) is 71.3 Å². The van der Waals surface area contributed by atoms with E-state index in [1.54, 1.807) is 30.3 Å². The smallest absolute Gasteiger partial charge is 0.257 e. The summed E-state index contributed by atoms with van der Waals surface area (Å²) in [5.74, 6) is -1.35. The van der Waals surface area contributed by atoms with Crippen LogP contribution in [0, 0.1) is 11.6 Å². The van der Waals surface area contributed by atoms with E-state index in [4.69, 9.17) is 9.15 Å². The van der Waals surface area contributed by atoms with Crippen LogP contribution in [-0.2, 0) is 22.6 Å². The van der Waals surface area contributed by atoms with Crippen LogP contribution >= 0.6 is 0 Å². The Hall–Kier alpha value is -3.52. The zero-order chi connectivity index (χ0) is 23.9. The van der Waals surface area contributed by atoms with E-state index < -0.39 is 11.7 Å². The summed E-state index contributed by atoms with van der Waals surface area (Å²) < 4.78 is 38.8. The number of furan rings is 1. The fourth-order valence-electron chi connectivity index (χ4n) is 3.95. The Bertz CT molecular complexity index is 1100. The topological polar surface area (TPSA) is 63.0 Å². The van der Waals surface area contributed by atoms with Gasteiger partial charge in [-0.1, -0.05) is 24.3 Å². The minimum Gasteiger partial charge on any atom is -0.467 e. The highest BCUT2D eigenvalue weighted by Gasteiger charge is 2.28. The summed E-state index contributed by atoms with van der Waals surface area (Å²) >= 11 is 0. The first-order valence-electron chi connectivity index (χ1n) is 11.2. The maximum atomic E-state index is 14.4. The van der Waals surface area contributed by atoms with Crippen LogP contribution in [-0.4, -0.2) is 47.4 Å². The third kappa shape index (κ3) is 6.08. The number of halogens is 2. The van der Waals surface area contributed by atoms with Crippen LogP contribution in [0.4, 0.5) is 8.78 Å². The minimum atomic E-state index is -0.643. The minimum absolute atomic E-state index is 0.0931. The molecular formula is C26H26F2N2O4. The number of carbonyl (C=O) groups is 2. The lowest BCUT2D eigenvalue weighted by Gasteiger charge is -2.29. The Kier molecular flexibility index (Phi) is 7.69. The molecule has 1 unspecified atom stereocenters. The molecule has 0 saturated carbocycles. The number of carbonyl (C=O) groups excluding carboxylic acids is 2. The molecule has 6 nitrogen and oxygen atoms in total. The van der Waals surface area contributed by atoms with E-state index in [1.807, 2.05) is 0 Å². The first-order valence-corrected chi connectivity index (χ1v) is 11.2. The van der Waals surface area contributed by atoms with E-state index in [1.165, 1.54) is 46.4 Å². The van der Waals surface area contributed by atoms with Gasteiger partial charge in [0.05, 0.1) is 24.5 Å². The Labute approximate surface area is 196 Å². The monoisotopic (exact) mass is 468 g/mol. The van der Waals surface area contributed by atoms with Crippen molar-refractivity contribution in [2.24, 2.45) is 0 Å². The normalized spacial score (nSPS) is 15.3. The summed E-state index contributed by atoms with van der Waals surface area (Å²) in [4.78, 5) is 29.5. The quantitative estimate of drug-likeness (QED) is 0.467. The number of ether oxygens (including phenoxy) is 1.